The molecule has 1 N–H and O–H groups in total. The standard InChI is InChI=1S/C15H14F3NO/c1-10(19-13-4-2-3-12(16)9-13)11-5-7-14(8-6-11)20-15(17)18/h2-10,15,19H,1H3. The van der Waals surface area contributed by atoms with Gasteiger partial charge in [0.05, 0.1) is 0 Å². The summed E-state index contributed by atoms with van der Waals surface area (Å²) in [5.41, 5.74) is 1.54. The highest BCUT2D eigenvalue weighted by Crippen LogP contribution is 2.22. The number of benzene rings is 2. The summed E-state index contributed by atoms with van der Waals surface area (Å²) in [5, 5.41) is 3.13. The zero-order valence-corrected chi connectivity index (χ0v) is 10.8. The quantitative estimate of drug-likeness (QED) is 0.864. The van der Waals surface area contributed by atoms with Crippen LogP contribution in [0.2, 0.25) is 0 Å². The minimum Gasteiger partial charge on any atom is -0.435 e. The van der Waals surface area contributed by atoms with E-state index in [0.29, 0.717) is 5.69 Å². The van der Waals surface area contributed by atoms with Crippen molar-refractivity contribution in [2.75, 3.05) is 5.32 Å². The molecule has 0 aliphatic heterocycles. The smallest absolute Gasteiger partial charge is 0.387 e. The molecule has 0 spiro atoms. The lowest BCUT2D eigenvalue weighted by Gasteiger charge is -2.16. The molecule has 0 aliphatic carbocycles. The average Bonchev–Trinajstić information content (AvgIpc) is 2.38. The molecule has 0 radical (unpaired) electrons. The molecule has 2 aromatic carbocycles. The van der Waals surface area contributed by atoms with Gasteiger partial charge in [0.1, 0.15) is 11.6 Å². The molecule has 0 saturated carbocycles. The number of halogens is 3. The van der Waals surface area contributed by atoms with Crippen LogP contribution >= 0.6 is 0 Å². The van der Waals surface area contributed by atoms with E-state index < -0.39 is 6.61 Å². The molecule has 2 nitrogen and oxygen atoms in total. The van der Waals surface area contributed by atoms with Crippen molar-refractivity contribution in [2.45, 2.75) is 19.6 Å². The first-order valence-electron chi connectivity index (χ1n) is 6.11. The second-order valence-electron chi connectivity index (χ2n) is 4.32. The molecule has 0 aliphatic rings. The van der Waals surface area contributed by atoms with Gasteiger partial charge in [0, 0.05) is 11.7 Å². The monoisotopic (exact) mass is 281 g/mol. The van der Waals surface area contributed by atoms with Crippen LogP contribution in [0.15, 0.2) is 48.5 Å². The van der Waals surface area contributed by atoms with Crippen molar-refractivity contribution in [3.8, 4) is 5.75 Å². The molecule has 2 aromatic rings. The molecule has 0 saturated heterocycles. The predicted octanol–water partition coefficient (Wildman–Crippen LogP) is 4.60. The fourth-order valence-electron chi connectivity index (χ4n) is 1.85. The topological polar surface area (TPSA) is 21.3 Å². The van der Waals surface area contributed by atoms with E-state index in [4.69, 9.17) is 0 Å². The van der Waals surface area contributed by atoms with Crippen LogP contribution in [0.25, 0.3) is 0 Å². The first-order valence-corrected chi connectivity index (χ1v) is 6.11. The van der Waals surface area contributed by atoms with E-state index in [9.17, 15) is 13.2 Å². The van der Waals surface area contributed by atoms with Crippen molar-refractivity contribution in [3.05, 3.63) is 59.9 Å². The summed E-state index contributed by atoms with van der Waals surface area (Å²) in [5.74, 6) is -0.204. The third-order valence-corrected chi connectivity index (χ3v) is 2.81. The van der Waals surface area contributed by atoms with Crippen LogP contribution in [0.1, 0.15) is 18.5 Å². The fraction of sp³-hybridized carbons (Fsp3) is 0.200. The van der Waals surface area contributed by atoms with Gasteiger partial charge in [-0.1, -0.05) is 18.2 Å². The van der Waals surface area contributed by atoms with Gasteiger partial charge in [0.25, 0.3) is 0 Å². The normalized spacial score (nSPS) is 12.2. The minimum atomic E-state index is -2.83. The van der Waals surface area contributed by atoms with E-state index in [2.05, 4.69) is 10.1 Å². The van der Waals surface area contributed by atoms with E-state index in [1.807, 2.05) is 6.92 Å². The van der Waals surface area contributed by atoms with Crippen LogP contribution in [0.3, 0.4) is 0 Å². The number of alkyl halides is 2. The van der Waals surface area contributed by atoms with Crippen LogP contribution in [0.4, 0.5) is 18.9 Å². The fourth-order valence-corrected chi connectivity index (χ4v) is 1.85. The third-order valence-electron chi connectivity index (χ3n) is 2.81. The van der Waals surface area contributed by atoms with Crippen molar-refractivity contribution >= 4 is 5.69 Å². The van der Waals surface area contributed by atoms with Crippen LogP contribution in [0.5, 0.6) is 5.75 Å². The number of hydrogen-bond acceptors (Lipinski definition) is 2. The maximum absolute atomic E-state index is 13.1. The van der Waals surface area contributed by atoms with Gasteiger partial charge < -0.3 is 10.1 Å². The van der Waals surface area contributed by atoms with Gasteiger partial charge in [-0.25, -0.2) is 4.39 Å². The van der Waals surface area contributed by atoms with Crippen LogP contribution in [-0.4, -0.2) is 6.61 Å². The van der Waals surface area contributed by atoms with Crippen LogP contribution in [0, 0.1) is 5.82 Å². The summed E-state index contributed by atoms with van der Waals surface area (Å²) in [4.78, 5) is 0. The predicted molar refractivity (Wildman–Crippen MR) is 71.5 cm³/mol. The van der Waals surface area contributed by atoms with Crippen LogP contribution < -0.4 is 10.1 Å². The molecule has 1 atom stereocenters. The van der Waals surface area contributed by atoms with E-state index in [0.717, 1.165) is 5.56 Å². The van der Waals surface area contributed by atoms with Crippen molar-refractivity contribution in [1.82, 2.24) is 0 Å². The van der Waals surface area contributed by atoms with Crippen molar-refractivity contribution in [3.63, 3.8) is 0 Å². The lowest BCUT2D eigenvalue weighted by atomic mass is 10.1. The summed E-state index contributed by atoms with van der Waals surface area (Å²) < 4.78 is 41.4. The second kappa shape index (κ2) is 6.32. The molecule has 0 amide bonds. The maximum atomic E-state index is 13.1. The number of ether oxygens (including phenoxy) is 1. The third kappa shape index (κ3) is 3.91. The molecule has 1 unspecified atom stereocenters. The van der Waals surface area contributed by atoms with Crippen LogP contribution in [-0.2, 0) is 0 Å². The Morgan fingerprint density at radius 1 is 1.05 bits per heavy atom. The Labute approximate surface area is 115 Å². The molecule has 0 heterocycles. The SMILES string of the molecule is CC(Nc1cccc(F)c1)c1ccc(OC(F)F)cc1. The number of nitrogens with one attached hydrogen (secondary N) is 1. The first kappa shape index (κ1) is 14.2. The Morgan fingerprint density at radius 2 is 1.75 bits per heavy atom. The Balaban J connectivity index is 2.03. The number of hydrogen-bond donors (Lipinski definition) is 1. The lowest BCUT2D eigenvalue weighted by Crippen LogP contribution is -2.07. The molecule has 5 heteroatoms. The second-order valence-corrected chi connectivity index (χ2v) is 4.32. The Morgan fingerprint density at radius 3 is 2.35 bits per heavy atom. The molecular formula is C15H14F3NO. The van der Waals surface area contributed by atoms with Gasteiger partial charge in [0.15, 0.2) is 0 Å². The van der Waals surface area contributed by atoms with E-state index in [-0.39, 0.29) is 17.6 Å². The summed E-state index contributed by atoms with van der Waals surface area (Å²) >= 11 is 0. The van der Waals surface area contributed by atoms with Crippen molar-refractivity contribution in [1.29, 1.82) is 0 Å². The highest BCUT2D eigenvalue weighted by atomic mass is 19.3. The largest absolute Gasteiger partial charge is 0.435 e. The van der Waals surface area contributed by atoms with Gasteiger partial charge in [-0.2, -0.15) is 8.78 Å². The van der Waals surface area contributed by atoms with Gasteiger partial charge in [-0.15, -0.1) is 0 Å². The number of rotatable bonds is 5. The highest BCUT2D eigenvalue weighted by Gasteiger charge is 2.08. The summed E-state index contributed by atoms with van der Waals surface area (Å²) in [7, 11) is 0. The van der Waals surface area contributed by atoms with Crippen molar-refractivity contribution in [2.24, 2.45) is 0 Å². The molecule has 0 bridgehead atoms. The van der Waals surface area contributed by atoms with E-state index >= 15 is 0 Å². The molecule has 0 aromatic heterocycles. The van der Waals surface area contributed by atoms with Crippen molar-refractivity contribution < 1.29 is 17.9 Å². The molecular weight excluding hydrogens is 267 g/mol. The molecule has 106 valence electrons. The average molecular weight is 281 g/mol. The molecule has 2 rings (SSSR count). The Kier molecular flexibility index (Phi) is 4.50. The zero-order valence-electron chi connectivity index (χ0n) is 10.8. The zero-order chi connectivity index (χ0) is 14.5. The Hall–Kier alpha value is -2.17. The summed E-state index contributed by atoms with van der Waals surface area (Å²) in [6.45, 7) is -0.933. The summed E-state index contributed by atoms with van der Waals surface area (Å²) in [6.07, 6.45) is 0. The van der Waals surface area contributed by atoms with E-state index in [1.165, 1.54) is 24.3 Å². The highest BCUT2D eigenvalue weighted by molar-refractivity contribution is 5.45. The number of anilines is 1. The van der Waals surface area contributed by atoms with Gasteiger partial charge in [-0.05, 0) is 42.8 Å². The van der Waals surface area contributed by atoms with Gasteiger partial charge in [0.2, 0.25) is 0 Å². The first-order chi connectivity index (χ1) is 9.54. The summed E-state index contributed by atoms with van der Waals surface area (Å²) in [6, 6.07) is 12.4. The Bertz CT molecular complexity index is 557. The lowest BCUT2D eigenvalue weighted by molar-refractivity contribution is -0.0498. The van der Waals surface area contributed by atoms with Gasteiger partial charge >= 0.3 is 6.61 Å². The molecule has 0 fully saturated rings. The molecule has 20 heavy (non-hydrogen) atoms. The van der Waals surface area contributed by atoms with E-state index in [1.54, 1.807) is 24.3 Å². The minimum absolute atomic E-state index is 0.0857. The van der Waals surface area contributed by atoms with Gasteiger partial charge in [-0.3, -0.25) is 0 Å². The maximum Gasteiger partial charge on any atom is 0.387 e.